The minimum Gasteiger partial charge on any atom is -0.444 e. The fraction of sp³-hybridized carbons (Fsp3) is 0.826. The quantitative estimate of drug-likeness (QED) is 0.250. The van der Waals surface area contributed by atoms with Crippen molar-refractivity contribution in [2.45, 2.75) is 110 Å². The van der Waals surface area contributed by atoms with Crippen LogP contribution in [-0.4, -0.2) is 59.0 Å². The molecule has 0 aliphatic heterocycles. The molecule has 1 rings (SSSR count). The monoisotopic (exact) mass is 534 g/mol. The van der Waals surface area contributed by atoms with Gasteiger partial charge in [0.05, 0.1) is 25.3 Å². The molecule has 0 fully saturated rings. The summed E-state index contributed by atoms with van der Waals surface area (Å²) in [5.74, 6) is -0.196. The highest BCUT2D eigenvalue weighted by Crippen LogP contribution is 2.59. The number of amides is 2. The van der Waals surface area contributed by atoms with Crippen LogP contribution < -0.4 is 10.6 Å². The standard InChI is InChI=1S/C23H47N2O6PSi2/c1-18(26)24-20-12-11-19(17-21(20)25-22(27)31-23(2,3)4)32(28,29-13-15-33(5,6)7)30-14-16-34(8,9)10/h11,20-21H,12-17H2,1-10H3,(H,24,26)(H,25,27)/t20-,21-/m0/s1. The number of hydrogen-bond acceptors (Lipinski definition) is 6. The van der Waals surface area contributed by atoms with Gasteiger partial charge in [0.2, 0.25) is 5.91 Å². The van der Waals surface area contributed by atoms with Crippen LogP contribution >= 0.6 is 7.60 Å². The summed E-state index contributed by atoms with van der Waals surface area (Å²) in [4.78, 5) is 24.2. The lowest BCUT2D eigenvalue weighted by Crippen LogP contribution is -2.53. The molecule has 0 saturated heterocycles. The van der Waals surface area contributed by atoms with Crippen molar-refractivity contribution in [3.63, 3.8) is 0 Å². The van der Waals surface area contributed by atoms with E-state index in [9.17, 15) is 14.2 Å². The highest BCUT2D eigenvalue weighted by atomic mass is 31.2. The molecule has 0 aromatic rings. The second-order valence-electron chi connectivity index (χ2n) is 12.5. The molecule has 34 heavy (non-hydrogen) atoms. The van der Waals surface area contributed by atoms with E-state index in [0.29, 0.717) is 24.9 Å². The summed E-state index contributed by atoms with van der Waals surface area (Å²) in [5.41, 5.74) is -0.657. The van der Waals surface area contributed by atoms with E-state index in [2.05, 4.69) is 49.9 Å². The van der Waals surface area contributed by atoms with Crippen LogP contribution in [0.25, 0.3) is 0 Å². The van der Waals surface area contributed by atoms with Crippen molar-refractivity contribution in [1.29, 1.82) is 0 Å². The number of rotatable bonds is 11. The highest BCUT2D eigenvalue weighted by molar-refractivity contribution is 7.58. The normalized spacial score (nSPS) is 19.9. The molecule has 0 heterocycles. The lowest BCUT2D eigenvalue weighted by molar-refractivity contribution is -0.119. The van der Waals surface area contributed by atoms with Gasteiger partial charge in [0.1, 0.15) is 5.60 Å². The summed E-state index contributed by atoms with van der Waals surface area (Å²) in [6.45, 7) is 21.0. The SMILES string of the molecule is CC(=O)N[C@H]1CC=C(P(=O)(OCC[Si](C)(C)C)OCC[Si](C)(C)C)C[C@@H]1NC(=O)OC(C)(C)C. The molecule has 2 amide bonds. The minimum atomic E-state index is -3.55. The molecule has 0 radical (unpaired) electrons. The average molecular weight is 535 g/mol. The van der Waals surface area contributed by atoms with Crippen LogP contribution in [0, 0.1) is 0 Å². The number of nitrogens with one attached hydrogen (secondary N) is 2. The van der Waals surface area contributed by atoms with Gasteiger partial charge in [-0.05, 0) is 39.3 Å². The zero-order valence-corrected chi connectivity index (χ0v) is 25.8. The van der Waals surface area contributed by atoms with Crippen molar-refractivity contribution in [2.75, 3.05) is 13.2 Å². The van der Waals surface area contributed by atoms with Crippen molar-refractivity contribution < 1.29 is 27.9 Å². The molecule has 0 saturated carbocycles. The Kier molecular flexibility index (Phi) is 11.3. The van der Waals surface area contributed by atoms with Crippen LogP contribution in [0.2, 0.25) is 51.4 Å². The van der Waals surface area contributed by atoms with Crippen LogP contribution in [0.15, 0.2) is 11.4 Å². The predicted molar refractivity (Wildman–Crippen MR) is 144 cm³/mol. The summed E-state index contributed by atoms with van der Waals surface area (Å²) in [5, 5.41) is 6.30. The van der Waals surface area contributed by atoms with E-state index in [-0.39, 0.29) is 18.4 Å². The average Bonchev–Trinajstić information content (AvgIpc) is 2.58. The predicted octanol–water partition coefficient (Wildman–Crippen LogP) is 5.96. The summed E-state index contributed by atoms with van der Waals surface area (Å²) in [6.07, 6.45) is 1.93. The van der Waals surface area contributed by atoms with E-state index in [1.807, 2.05) is 6.08 Å². The van der Waals surface area contributed by atoms with Gasteiger partial charge in [-0.3, -0.25) is 9.36 Å². The van der Waals surface area contributed by atoms with E-state index in [4.69, 9.17) is 13.8 Å². The van der Waals surface area contributed by atoms with Crippen molar-refractivity contribution in [3.05, 3.63) is 11.4 Å². The molecule has 0 unspecified atom stereocenters. The molecule has 1 aliphatic carbocycles. The van der Waals surface area contributed by atoms with Gasteiger partial charge in [0.15, 0.2) is 0 Å². The van der Waals surface area contributed by atoms with E-state index in [1.54, 1.807) is 20.8 Å². The van der Waals surface area contributed by atoms with E-state index < -0.39 is 41.5 Å². The van der Waals surface area contributed by atoms with Gasteiger partial charge in [0, 0.05) is 34.8 Å². The topological polar surface area (TPSA) is 103 Å². The molecular weight excluding hydrogens is 487 g/mol. The highest BCUT2D eigenvalue weighted by Gasteiger charge is 2.39. The van der Waals surface area contributed by atoms with Crippen molar-refractivity contribution in [3.8, 4) is 0 Å². The minimum absolute atomic E-state index is 0.196. The molecule has 8 nitrogen and oxygen atoms in total. The van der Waals surface area contributed by atoms with Gasteiger partial charge in [-0.25, -0.2) is 4.79 Å². The molecule has 1 aliphatic rings. The zero-order chi connectivity index (χ0) is 26.4. The number of carbonyl (C=O) groups is 2. The first-order valence-corrected chi connectivity index (χ1v) is 21.1. The maximum atomic E-state index is 14.0. The summed E-state index contributed by atoms with van der Waals surface area (Å²) < 4.78 is 31.4. The number of alkyl carbamates (subject to hydrolysis) is 1. The van der Waals surface area contributed by atoms with Crippen LogP contribution in [0.3, 0.4) is 0 Å². The van der Waals surface area contributed by atoms with Gasteiger partial charge < -0.3 is 24.4 Å². The first-order chi connectivity index (χ1) is 15.3. The van der Waals surface area contributed by atoms with Crippen LogP contribution in [0.4, 0.5) is 4.79 Å². The first kappa shape index (κ1) is 31.1. The third-order valence-electron chi connectivity index (χ3n) is 5.19. The third kappa shape index (κ3) is 12.7. The number of ether oxygens (including phenoxy) is 1. The van der Waals surface area contributed by atoms with Crippen molar-refractivity contribution in [1.82, 2.24) is 10.6 Å². The van der Waals surface area contributed by atoms with E-state index in [1.165, 1.54) is 6.92 Å². The van der Waals surface area contributed by atoms with Crippen LogP contribution in [0.1, 0.15) is 40.5 Å². The Balaban J connectivity index is 3.11. The lowest BCUT2D eigenvalue weighted by atomic mass is 9.95. The van der Waals surface area contributed by atoms with Gasteiger partial charge in [-0.2, -0.15) is 0 Å². The van der Waals surface area contributed by atoms with Gasteiger partial charge in [-0.1, -0.05) is 45.4 Å². The largest absolute Gasteiger partial charge is 0.444 e. The molecule has 0 bridgehead atoms. The number of hydrogen-bond donors (Lipinski definition) is 2. The Bertz CT molecular complexity index is 760. The summed E-state index contributed by atoms with van der Waals surface area (Å²) >= 11 is 0. The zero-order valence-electron chi connectivity index (χ0n) is 22.9. The van der Waals surface area contributed by atoms with Gasteiger partial charge in [-0.15, -0.1) is 0 Å². The maximum Gasteiger partial charge on any atom is 0.407 e. The van der Waals surface area contributed by atoms with Crippen LogP contribution in [-0.2, 0) is 23.1 Å². The summed E-state index contributed by atoms with van der Waals surface area (Å²) in [7, 11) is -6.33. The second kappa shape index (κ2) is 12.3. The Morgan fingerprint density at radius 3 is 1.88 bits per heavy atom. The number of carbonyl (C=O) groups excluding carboxylic acids is 2. The third-order valence-corrected chi connectivity index (χ3v) is 10.7. The van der Waals surface area contributed by atoms with Gasteiger partial charge in [0.25, 0.3) is 0 Å². The molecule has 2 N–H and O–H groups in total. The Morgan fingerprint density at radius 1 is 0.971 bits per heavy atom. The molecule has 11 heteroatoms. The summed E-state index contributed by atoms with van der Waals surface area (Å²) in [6, 6.07) is 0.908. The molecular formula is C23H47N2O6PSi2. The lowest BCUT2D eigenvalue weighted by Gasteiger charge is -2.35. The van der Waals surface area contributed by atoms with Crippen LogP contribution in [0.5, 0.6) is 0 Å². The molecule has 198 valence electrons. The fourth-order valence-electron chi connectivity index (χ4n) is 3.28. The fourth-order valence-corrected chi connectivity index (χ4v) is 6.87. The van der Waals surface area contributed by atoms with Crippen molar-refractivity contribution >= 4 is 35.7 Å². The second-order valence-corrected chi connectivity index (χ2v) is 25.8. The molecule has 0 aromatic carbocycles. The smallest absolute Gasteiger partial charge is 0.407 e. The Labute approximate surface area is 208 Å². The first-order valence-electron chi connectivity index (χ1n) is 12.1. The molecule has 0 aromatic heterocycles. The molecule has 2 atom stereocenters. The molecule has 0 spiro atoms. The Morgan fingerprint density at radius 2 is 1.47 bits per heavy atom. The maximum absolute atomic E-state index is 14.0. The van der Waals surface area contributed by atoms with Crippen molar-refractivity contribution in [2.24, 2.45) is 0 Å². The Hall–Kier alpha value is -0.936. The van der Waals surface area contributed by atoms with E-state index >= 15 is 0 Å². The van der Waals surface area contributed by atoms with E-state index in [0.717, 1.165) is 12.1 Å². The van der Waals surface area contributed by atoms with Gasteiger partial charge >= 0.3 is 13.7 Å².